The van der Waals surface area contributed by atoms with Crippen LogP contribution in [0.25, 0.3) is 0 Å². The molecule has 0 aliphatic carbocycles. The molecule has 2 rings (SSSR count). The highest BCUT2D eigenvalue weighted by molar-refractivity contribution is 5.76. The molecular formula is C16H25N3O. The lowest BCUT2D eigenvalue weighted by molar-refractivity contribution is -0.121. The van der Waals surface area contributed by atoms with Gasteiger partial charge in [0.2, 0.25) is 5.91 Å². The van der Waals surface area contributed by atoms with E-state index < -0.39 is 0 Å². The lowest BCUT2D eigenvalue weighted by Gasteiger charge is -2.29. The Bertz CT molecular complexity index is 421. The van der Waals surface area contributed by atoms with Crippen molar-refractivity contribution in [1.29, 1.82) is 0 Å². The average molecular weight is 275 g/mol. The highest BCUT2D eigenvalue weighted by Crippen LogP contribution is 2.15. The zero-order valence-corrected chi connectivity index (χ0v) is 12.2. The van der Waals surface area contributed by atoms with Gasteiger partial charge in [-0.25, -0.2) is 0 Å². The van der Waals surface area contributed by atoms with Crippen molar-refractivity contribution in [2.75, 3.05) is 26.7 Å². The molecule has 1 aromatic carbocycles. The molecule has 1 aromatic rings. The van der Waals surface area contributed by atoms with Crippen LogP contribution in [0.3, 0.4) is 0 Å². The maximum absolute atomic E-state index is 11.9. The zero-order chi connectivity index (χ0) is 14.4. The third-order valence-corrected chi connectivity index (χ3v) is 3.94. The number of benzene rings is 1. The number of nitrogens with one attached hydrogen (secondary N) is 1. The first kappa shape index (κ1) is 15.0. The molecule has 0 aromatic heterocycles. The van der Waals surface area contributed by atoms with Crippen LogP contribution in [-0.4, -0.2) is 37.5 Å². The molecule has 1 heterocycles. The molecule has 0 spiro atoms. The van der Waals surface area contributed by atoms with Crippen LogP contribution in [0.15, 0.2) is 30.3 Å². The van der Waals surface area contributed by atoms with Crippen molar-refractivity contribution < 1.29 is 4.79 Å². The third-order valence-electron chi connectivity index (χ3n) is 3.94. The first-order chi connectivity index (χ1) is 9.65. The van der Waals surface area contributed by atoms with Crippen LogP contribution < -0.4 is 11.1 Å². The highest BCUT2D eigenvalue weighted by Gasteiger charge is 2.18. The van der Waals surface area contributed by atoms with E-state index in [9.17, 15) is 4.79 Å². The topological polar surface area (TPSA) is 58.4 Å². The van der Waals surface area contributed by atoms with E-state index in [1.807, 2.05) is 30.3 Å². The van der Waals surface area contributed by atoms with Crippen molar-refractivity contribution in [3.63, 3.8) is 0 Å². The summed E-state index contributed by atoms with van der Waals surface area (Å²) in [5, 5.41) is 3.03. The standard InChI is InChI=1S/C16H25N3O/c1-19-9-5-6-13(12-19)11-18-16(20)10-15(17)14-7-3-2-4-8-14/h2-4,7-8,13,15H,5-6,9-12,17H2,1H3,(H,18,20). The third kappa shape index (κ3) is 4.62. The molecule has 0 saturated carbocycles. The molecule has 1 aliphatic heterocycles. The van der Waals surface area contributed by atoms with E-state index in [2.05, 4.69) is 17.3 Å². The van der Waals surface area contributed by atoms with Gasteiger partial charge in [-0.3, -0.25) is 4.79 Å². The largest absolute Gasteiger partial charge is 0.356 e. The average Bonchev–Trinajstić information content (AvgIpc) is 2.46. The van der Waals surface area contributed by atoms with E-state index in [1.54, 1.807) is 0 Å². The lowest BCUT2D eigenvalue weighted by Crippen LogP contribution is -2.39. The van der Waals surface area contributed by atoms with Gasteiger partial charge in [-0.05, 0) is 37.9 Å². The predicted molar refractivity (Wildman–Crippen MR) is 81.2 cm³/mol. The second kappa shape index (κ2) is 7.41. The molecule has 4 heteroatoms. The van der Waals surface area contributed by atoms with Crippen LogP contribution in [0, 0.1) is 5.92 Å². The Morgan fingerprint density at radius 1 is 1.45 bits per heavy atom. The molecule has 1 saturated heterocycles. The van der Waals surface area contributed by atoms with Crippen molar-refractivity contribution in [2.45, 2.75) is 25.3 Å². The normalized spacial score (nSPS) is 21.4. The number of carbonyl (C=O) groups is 1. The fourth-order valence-corrected chi connectivity index (χ4v) is 2.79. The van der Waals surface area contributed by atoms with Gasteiger partial charge in [0.05, 0.1) is 0 Å². The summed E-state index contributed by atoms with van der Waals surface area (Å²) in [6.45, 7) is 3.01. The molecule has 1 aliphatic rings. The summed E-state index contributed by atoms with van der Waals surface area (Å²) < 4.78 is 0. The maximum Gasteiger partial charge on any atom is 0.221 e. The molecule has 1 amide bonds. The Morgan fingerprint density at radius 3 is 2.90 bits per heavy atom. The van der Waals surface area contributed by atoms with Gasteiger partial charge in [-0.2, -0.15) is 0 Å². The lowest BCUT2D eigenvalue weighted by atomic mass is 9.98. The van der Waals surface area contributed by atoms with Crippen molar-refractivity contribution in [2.24, 2.45) is 11.7 Å². The van der Waals surface area contributed by atoms with E-state index in [0.29, 0.717) is 12.3 Å². The summed E-state index contributed by atoms with van der Waals surface area (Å²) in [4.78, 5) is 14.3. The van der Waals surface area contributed by atoms with Crippen LogP contribution in [0.1, 0.15) is 30.9 Å². The van der Waals surface area contributed by atoms with Crippen molar-refractivity contribution >= 4 is 5.91 Å². The molecule has 1 fully saturated rings. The molecule has 4 nitrogen and oxygen atoms in total. The summed E-state index contributed by atoms with van der Waals surface area (Å²) in [5.41, 5.74) is 7.07. The van der Waals surface area contributed by atoms with Gasteiger partial charge in [0.15, 0.2) is 0 Å². The van der Waals surface area contributed by atoms with Crippen LogP contribution in [0.5, 0.6) is 0 Å². The SMILES string of the molecule is CN1CCCC(CNC(=O)CC(N)c2ccccc2)C1. The Balaban J connectivity index is 1.72. The van der Waals surface area contributed by atoms with Crippen LogP contribution in [0.4, 0.5) is 0 Å². The molecular weight excluding hydrogens is 250 g/mol. The summed E-state index contributed by atoms with van der Waals surface area (Å²) in [6.07, 6.45) is 2.78. The van der Waals surface area contributed by atoms with E-state index in [-0.39, 0.29) is 11.9 Å². The molecule has 2 unspecified atom stereocenters. The van der Waals surface area contributed by atoms with E-state index in [1.165, 1.54) is 19.4 Å². The number of amides is 1. The van der Waals surface area contributed by atoms with Crippen LogP contribution >= 0.6 is 0 Å². The van der Waals surface area contributed by atoms with E-state index >= 15 is 0 Å². The number of nitrogens with zero attached hydrogens (tertiary/aromatic N) is 1. The number of hydrogen-bond donors (Lipinski definition) is 2. The number of hydrogen-bond acceptors (Lipinski definition) is 3. The number of nitrogens with two attached hydrogens (primary N) is 1. The second-order valence-corrected chi connectivity index (χ2v) is 5.80. The first-order valence-corrected chi connectivity index (χ1v) is 7.41. The number of piperidine rings is 1. The fourth-order valence-electron chi connectivity index (χ4n) is 2.79. The van der Waals surface area contributed by atoms with Crippen molar-refractivity contribution in [3.05, 3.63) is 35.9 Å². The van der Waals surface area contributed by atoms with Crippen molar-refractivity contribution in [1.82, 2.24) is 10.2 Å². The van der Waals surface area contributed by atoms with Gasteiger partial charge in [-0.15, -0.1) is 0 Å². The molecule has 0 radical (unpaired) electrons. The monoisotopic (exact) mass is 275 g/mol. The first-order valence-electron chi connectivity index (χ1n) is 7.41. The minimum atomic E-state index is -0.217. The van der Waals surface area contributed by atoms with Gasteiger partial charge in [0.1, 0.15) is 0 Å². The smallest absolute Gasteiger partial charge is 0.221 e. The Hall–Kier alpha value is -1.39. The molecule has 0 bridgehead atoms. The minimum absolute atomic E-state index is 0.0505. The summed E-state index contributed by atoms with van der Waals surface area (Å²) in [7, 11) is 2.14. The molecule has 110 valence electrons. The van der Waals surface area contributed by atoms with Gasteiger partial charge < -0.3 is 16.0 Å². The molecule has 20 heavy (non-hydrogen) atoms. The van der Waals surface area contributed by atoms with Gasteiger partial charge in [-0.1, -0.05) is 30.3 Å². The number of likely N-dealkylation sites (tertiary alicyclic amines) is 1. The fraction of sp³-hybridized carbons (Fsp3) is 0.562. The highest BCUT2D eigenvalue weighted by atomic mass is 16.1. The Labute approximate surface area is 121 Å². The van der Waals surface area contributed by atoms with E-state index in [4.69, 9.17) is 5.73 Å². The maximum atomic E-state index is 11.9. The van der Waals surface area contributed by atoms with E-state index in [0.717, 1.165) is 18.7 Å². The predicted octanol–water partition coefficient (Wildman–Crippen LogP) is 1.53. The van der Waals surface area contributed by atoms with Crippen LogP contribution in [0.2, 0.25) is 0 Å². The second-order valence-electron chi connectivity index (χ2n) is 5.80. The van der Waals surface area contributed by atoms with Gasteiger partial charge in [0.25, 0.3) is 0 Å². The van der Waals surface area contributed by atoms with Crippen molar-refractivity contribution in [3.8, 4) is 0 Å². The molecule has 3 N–H and O–H groups in total. The zero-order valence-electron chi connectivity index (χ0n) is 12.2. The Morgan fingerprint density at radius 2 is 2.20 bits per heavy atom. The summed E-state index contributed by atoms with van der Waals surface area (Å²) in [6, 6.07) is 9.57. The molecule has 2 atom stereocenters. The quantitative estimate of drug-likeness (QED) is 0.857. The Kier molecular flexibility index (Phi) is 5.56. The van der Waals surface area contributed by atoms with Crippen LogP contribution in [-0.2, 0) is 4.79 Å². The number of carbonyl (C=O) groups excluding carboxylic acids is 1. The van der Waals surface area contributed by atoms with Gasteiger partial charge in [0, 0.05) is 25.6 Å². The number of rotatable bonds is 5. The summed E-state index contributed by atoms with van der Waals surface area (Å²) in [5.74, 6) is 0.625. The minimum Gasteiger partial charge on any atom is -0.356 e. The summed E-state index contributed by atoms with van der Waals surface area (Å²) >= 11 is 0. The van der Waals surface area contributed by atoms with Gasteiger partial charge >= 0.3 is 0 Å².